The first kappa shape index (κ1) is 13.3. The molecule has 3 aromatic heterocycles. The molecule has 8 aromatic carbocycles. The van der Waals surface area contributed by atoms with E-state index in [9.17, 15) is 15.1 Å². The van der Waals surface area contributed by atoms with Crippen molar-refractivity contribution in [2.45, 2.75) is 0 Å². The van der Waals surface area contributed by atoms with Crippen molar-refractivity contribution in [3.8, 4) is 56.7 Å². The molecule has 0 amide bonds. The van der Waals surface area contributed by atoms with Gasteiger partial charge in [-0.25, -0.2) is 4.98 Å². The van der Waals surface area contributed by atoms with Gasteiger partial charge in [-0.1, -0.05) is 175 Å². The molecule has 3 heterocycles. The largest absolute Gasteiger partial charge is 0.307 e. The molecule has 0 radical (unpaired) electrons. The maximum Gasteiger partial charge on any atom is 0.238 e. The normalized spacial score (nSPS) is 19.6. The number of fused-ring (bicyclic) bond motifs is 7. The van der Waals surface area contributed by atoms with Crippen molar-refractivity contribution in [1.29, 1.82) is 0 Å². The van der Waals surface area contributed by atoms with E-state index in [1.54, 1.807) is 0 Å². The van der Waals surface area contributed by atoms with Crippen LogP contribution in [0.15, 0.2) is 199 Å². The van der Waals surface area contributed by atoms with Crippen molar-refractivity contribution in [3.63, 3.8) is 0 Å². The zero-order chi connectivity index (χ0) is 64.9. The van der Waals surface area contributed by atoms with Crippen LogP contribution in [0.2, 0.25) is 0 Å². The second-order valence-electron chi connectivity index (χ2n) is 11.6. The number of hydrogen-bond acceptors (Lipinski definition) is 3. The van der Waals surface area contributed by atoms with Crippen LogP contribution in [0.4, 0.5) is 0 Å². The Bertz CT molecular complexity index is 5070. The second-order valence-corrected chi connectivity index (χ2v) is 11.6. The van der Waals surface area contributed by atoms with Crippen LogP contribution in [0.3, 0.4) is 0 Å². The number of rotatable bonds is 6. The topological polar surface area (TPSA) is 48.5 Å². The van der Waals surface area contributed by atoms with Crippen LogP contribution in [-0.4, -0.2) is 24.1 Å². The molecule has 0 saturated heterocycles. The van der Waals surface area contributed by atoms with Crippen LogP contribution in [0.25, 0.3) is 100 Å². The maximum atomic E-state index is 9.91. The summed E-state index contributed by atoms with van der Waals surface area (Å²) in [4.78, 5) is 13.6. The summed E-state index contributed by atoms with van der Waals surface area (Å²) in [6, 6.07) is -30.7. The summed E-state index contributed by atoms with van der Waals surface area (Å²) in [7, 11) is 0. The molecule has 5 nitrogen and oxygen atoms in total. The molecule has 0 spiro atoms. The molecule has 56 heavy (non-hydrogen) atoms. The smallest absolute Gasteiger partial charge is 0.238 e. The van der Waals surface area contributed by atoms with E-state index in [-0.39, 0.29) is 0 Å². The van der Waals surface area contributed by atoms with E-state index in [4.69, 9.17) is 28.8 Å². The lowest BCUT2D eigenvalue weighted by atomic mass is 9.99. The maximum absolute atomic E-state index is 9.91. The molecule has 0 bridgehead atoms. The van der Waals surface area contributed by atoms with Crippen molar-refractivity contribution >= 4 is 43.6 Å². The predicted octanol–water partition coefficient (Wildman–Crippen LogP) is 12.7. The molecule has 0 saturated carbocycles. The van der Waals surface area contributed by atoms with Crippen molar-refractivity contribution in [2.24, 2.45) is 0 Å². The molecule has 5 heteroatoms. The third-order valence-electron chi connectivity index (χ3n) is 8.58. The number of para-hydroxylation sites is 2. The number of hydrogen-bond donors (Lipinski definition) is 0. The van der Waals surface area contributed by atoms with Crippen molar-refractivity contribution < 1.29 is 43.9 Å². The van der Waals surface area contributed by atoms with Crippen molar-refractivity contribution in [3.05, 3.63) is 199 Å². The molecular weight excluding hydrogens is 683 g/mol. The van der Waals surface area contributed by atoms with Crippen LogP contribution in [0, 0.1) is 0 Å². The van der Waals surface area contributed by atoms with E-state index >= 15 is 0 Å². The fourth-order valence-electron chi connectivity index (χ4n) is 6.31. The Morgan fingerprint density at radius 3 is 1.66 bits per heavy atom. The standard InChI is InChI=1S/C51H33N5/c1-4-17-34(18-5-1)37-23-16-24-38(33-37)55-45-29-14-12-26-40(45)42-31-32-43-41-27-13-15-30-46(41)56(48(43)47(42)55)51-53-49(36-21-8-3-9-22-36)52-50(54-51)44-28-11-10-25-39(44)35-19-6-2-7-20-35/h1-33H/i1D,2D,3D,4D,5D,6D,8D,9D,10D,11D,12D,13D,14D,15D,16D,17D,18D,19D,20D,21D,22D,23D,24D,25D,26D,27D,28D,29D,30D,31D,32D,33D. The van der Waals surface area contributed by atoms with E-state index in [2.05, 4.69) is 15.0 Å². The fourth-order valence-corrected chi connectivity index (χ4v) is 6.31. The minimum atomic E-state index is -1.13. The molecule has 0 fully saturated rings. The molecule has 0 atom stereocenters. The molecule has 0 aliphatic rings. The van der Waals surface area contributed by atoms with Gasteiger partial charge in [-0.3, -0.25) is 4.57 Å². The highest BCUT2D eigenvalue weighted by Gasteiger charge is 2.24. The van der Waals surface area contributed by atoms with Gasteiger partial charge in [0.25, 0.3) is 0 Å². The minimum absolute atomic E-state index is 0.653. The molecular formula is C51H33N5. The zero-order valence-corrected chi connectivity index (χ0v) is 27.8. The summed E-state index contributed by atoms with van der Waals surface area (Å²) >= 11 is 0. The van der Waals surface area contributed by atoms with Crippen LogP contribution in [-0.2, 0) is 0 Å². The highest BCUT2D eigenvalue weighted by molar-refractivity contribution is 6.23. The van der Waals surface area contributed by atoms with Gasteiger partial charge in [0.2, 0.25) is 5.95 Å². The third-order valence-corrected chi connectivity index (χ3v) is 8.58. The summed E-state index contributed by atoms with van der Waals surface area (Å²) in [6.07, 6.45) is 0. The third kappa shape index (κ3) is 5.13. The monoisotopic (exact) mass is 747 g/mol. The van der Waals surface area contributed by atoms with Gasteiger partial charge >= 0.3 is 0 Å². The molecule has 0 aliphatic heterocycles. The highest BCUT2D eigenvalue weighted by Crippen LogP contribution is 2.42. The minimum Gasteiger partial charge on any atom is -0.307 e. The Hall–Kier alpha value is -7.63. The first-order chi connectivity index (χ1) is 41.1. The molecule has 262 valence electrons. The van der Waals surface area contributed by atoms with Gasteiger partial charge in [-0.2, -0.15) is 9.97 Å². The second kappa shape index (κ2) is 13.0. The van der Waals surface area contributed by atoms with E-state index in [0.717, 1.165) is 6.07 Å². The first-order valence-electron chi connectivity index (χ1n) is 32.3. The summed E-state index contributed by atoms with van der Waals surface area (Å²) in [5.74, 6) is -3.04. The molecule has 0 N–H and O–H groups in total. The Balaban J connectivity index is 1.49. The van der Waals surface area contributed by atoms with E-state index in [1.165, 1.54) is 0 Å². The van der Waals surface area contributed by atoms with Gasteiger partial charge in [0, 0.05) is 38.4 Å². The molecule has 0 unspecified atom stereocenters. The van der Waals surface area contributed by atoms with Crippen LogP contribution >= 0.6 is 0 Å². The highest BCUT2D eigenvalue weighted by atomic mass is 15.2. The lowest BCUT2D eigenvalue weighted by Crippen LogP contribution is -2.07. The Morgan fingerprint density at radius 2 is 0.911 bits per heavy atom. The number of aromatic nitrogens is 5. The van der Waals surface area contributed by atoms with Gasteiger partial charge in [-0.05, 0) is 46.4 Å². The average Bonchev–Trinajstić information content (AvgIpc) is 1.51. The first-order valence-corrected chi connectivity index (χ1v) is 16.3. The van der Waals surface area contributed by atoms with E-state index in [0.29, 0.717) is 9.13 Å². The quantitative estimate of drug-likeness (QED) is 0.170. The summed E-state index contributed by atoms with van der Waals surface area (Å²) in [6.45, 7) is 0. The van der Waals surface area contributed by atoms with E-state index < -0.39 is 294 Å². The summed E-state index contributed by atoms with van der Waals surface area (Å²) in [5.41, 5.74) is -9.03. The summed E-state index contributed by atoms with van der Waals surface area (Å²) in [5, 5.41) is -2.75. The Kier molecular flexibility index (Phi) is 3.10. The SMILES string of the molecule is [2H]c1cc([2H])c(-c2c([2H])c([2H])c([2H])c([2H])c2-c2nc(-c3c([2H])c([2H])c([2H])c([2H])c3[2H])nc(-n3c4c([2H])c([2H])c([2H])c([2H])c4c4c([2H])c([2H])c5c6c([2H])c([2H])c([2H])c([2H])c6n(-c6c([2H])c([2H])c([2H])c(-c7c([2H])c([2H])c([2H])c([2H])c7[2H])c6[2H])c5c43)n2)c([2H])c1[2H]. The van der Waals surface area contributed by atoms with Crippen molar-refractivity contribution in [1.82, 2.24) is 24.1 Å². The van der Waals surface area contributed by atoms with Crippen LogP contribution in [0.5, 0.6) is 0 Å². The van der Waals surface area contributed by atoms with Gasteiger partial charge in [0.05, 0.1) is 65.9 Å². The molecule has 11 rings (SSSR count). The van der Waals surface area contributed by atoms with Gasteiger partial charge < -0.3 is 4.57 Å². The lowest BCUT2D eigenvalue weighted by Gasteiger charge is -2.15. The average molecular weight is 748 g/mol. The number of nitrogens with zero attached hydrogens (tertiary/aromatic N) is 5. The zero-order valence-electron chi connectivity index (χ0n) is 59.8. The van der Waals surface area contributed by atoms with E-state index in [1.807, 2.05) is 0 Å². The predicted molar refractivity (Wildman–Crippen MR) is 230 cm³/mol. The number of benzene rings is 8. The van der Waals surface area contributed by atoms with Crippen LogP contribution in [0.1, 0.15) is 43.9 Å². The van der Waals surface area contributed by atoms with Gasteiger partial charge in [0.1, 0.15) is 0 Å². The Morgan fingerprint density at radius 1 is 0.357 bits per heavy atom. The van der Waals surface area contributed by atoms with Crippen LogP contribution < -0.4 is 0 Å². The van der Waals surface area contributed by atoms with Gasteiger partial charge in [-0.15, -0.1) is 0 Å². The van der Waals surface area contributed by atoms with Gasteiger partial charge in [0.15, 0.2) is 11.6 Å². The molecule has 11 aromatic rings. The summed E-state index contributed by atoms with van der Waals surface area (Å²) < 4.78 is 290. The lowest BCUT2D eigenvalue weighted by molar-refractivity contribution is 0.953. The van der Waals surface area contributed by atoms with Crippen molar-refractivity contribution in [2.75, 3.05) is 0 Å². The fraction of sp³-hybridized carbons (Fsp3) is 0. The molecule has 0 aliphatic carbocycles. The Labute approximate surface area is 368 Å².